The van der Waals surface area contributed by atoms with Crippen LogP contribution in [0.4, 0.5) is 0 Å². The van der Waals surface area contributed by atoms with Crippen LogP contribution in [0.15, 0.2) is 22.9 Å². The van der Waals surface area contributed by atoms with Crippen molar-refractivity contribution in [2.45, 2.75) is 38.8 Å². The maximum absolute atomic E-state index is 12.8. The van der Waals surface area contributed by atoms with Gasteiger partial charge in [0.1, 0.15) is 0 Å². The molecule has 4 rings (SSSR count). The van der Waals surface area contributed by atoms with Gasteiger partial charge in [0, 0.05) is 35.4 Å². The van der Waals surface area contributed by atoms with E-state index in [9.17, 15) is 4.79 Å². The molecule has 2 aromatic heterocycles. The van der Waals surface area contributed by atoms with Crippen LogP contribution in [0.25, 0.3) is 0 Å². The number of hydrogen-bond donors (Lipinski definition) is 0. The Morgan fingerprint density at radius 3 is 2.83 bits per heavy atom. The third kappa shape index (κ3) is 2.86. The molecule has 0 bridgehead atoms. The minimum atomic E-state index is 0.291. The Kier molecular flexibility index (Phi) is 4.26. The largest absolute Gasteiger partial charge is 0.337 e. The second-order valence-electron chi connectivity index (χ2n) is 6.38. The quantitative estimate of drug-likeness (QED) is 0.846. The zero-order valence-electron chi connectivity index (χ0n) is 13.5. The highest BCUT2D eigenvalue weighted by Crippen LogP contribution is 2.35. The summed E-state index contributed by atoms with van der Waals surface area (Å²) in [6.45, 7) is 5.47. The van der Waals surface area contributed by atoms with Crippen molar-refractivity contribution in [2.24, 2.45) is 0 Å². The van der Waals surface area contributed by atoms with Gasteiger partial charge in [0.05, 0.1) is 6.54 Å². The fraction of sp³-hybridized carbons (Fsp3) is 0.500. The van der Waals surface area contributed by atoms with Gasteiger partial charge in [-0.3, -0.25) is 9.69 Å². The van der Waals surface area contributed by atoms with Crippen molar-refractivity contribution < 1.29 is 4.79 Å². The molecule has 122 valence electrons. The SMILES string of the molecule is CC[C@H]1c2ccsc2CCN1CC(=O)N1CCc2sccc2C1. The first-order chi connectivity index (χ1) is 11.3. The van der Waals surface area contributed by atoms with Gasteiger partial charge in [-0.25, -0.2) is 0 Å². The van der Waals surface area contributed by atoms with Gasteiger partial charge in [-0.15, -0.1) is 22.7 Å². The first-order valence-electron chi connectivity index (χ1n) is 8.39. The van der Waals surface area contributed by atoms with E-state index >= 15 is 0 Å². The topological polar surface area (TPSA) is 23.6 Å². The highest BCUT2D eigenvalue weighted by Gasteiger charge is 2.30. The Labute approximate surface area is 145 Å². The monoisotopic (exact) mass is 346 g/mol. The maximum atomic E-state index is 12.8. The van der Waals surface area contributed by atoms with Crippen molar-refractivity contribution in [3.05, 3.63) is 43.8 Å². The predicted octanol–water partition coefficient (Wildman–Crippen LogP) is 3.70. The van der Waals surface area contributed by atoms with Crippen molar-refractivity contribution in [1.82, 2.24) is 9.80 Å². The molecule has 0 saturated heterocycles. The number of carbonyl (C=O) groups is 1. The minimum absolute atomic E-state index is 0.291. The molecule has 0 unspecified atom stereocenters. The number of thiophene rings is 2. The number of amides is 1. The summed E-state index contributed by atoms with van der Waals surface area (Å²) in [5, 5.41) is 4.34. The van der Waals surface area contributed by atoms with Gasteiger partial charge in [-0.2, -0.15) is 0 Å². The fourth-order valence-electron chi connectivity index (χ4n) is 3.85. The van der Waals surface area contributed by atoms with Gasteiger partial charge in [0.15, 0.2) is 0 Å². The summed E-state index contributed by atoms with van der Waals surface area (Å²) in [6, 6.07) is 4.84. The van der Waals surface area contributed by atoms with Crippen LogP contribution < -0.4 is 0 Å². The lowest BCUT2D eigenvalue weighted by Crippen LogP contribution is -2.45. The average Bonchev–Trinajstić information content (AvgIpc) is 3.22. The van der Waals surface area contributed by atoms with Crippen molar-refractivity contribution in [2.75, 3.05) is 19.6 Å². The lowest BCUT2D eigenvalue weighted by Gasteiger charge is -2.37. The van der Waals surface area contributed by atoms with Gasteiger partial charge < -0.3 is 4.90 Å². The van der Waals surface area contributed by atoms with E-state index in [0.29, 0.717) is 18.5 Å². The average molecular weight is 347 g/mol. The molecule has 2 aromatic rings. The summed E-state index contributed by atoms with van der Waals surface area (Å²) >= 11 is 3.69. The van der Waals surface area contributed by atoms with Gasteiger partial charge in [0.25, 0.3) is 0 Å². The molecule has 5 heteroatoms. The van der Waals surface area contributed by atoms with Crippen LogP contribution in [-0.2, 0) is 24.2 Å². The predicted molar refractivity (Wildman–Crippen MR) is 96.1 cm³/mol. The Balaban J connectivity index is 1.45. The minimum Gasteiger partial charge on any atom is -0.337 e. The Morgan fingerprint density at radius 1 is 1.17 bits per heavy atom. The third-order valence-corrected chi connectivity index (χ3v) is 7.11. The highest BCUT2D eigenvalue weighted by atomic mass is 32.1. The second-order valence-corrected chi connectivity index (χ2v) is 8.38. The summed E-state index contributed by atoms with van der Waals surface area (Å²) in [5.74, 6) is 0.291. The van der Waals surface area contributed by atoms with Crippen molar-refractivity contribution in [3.63, 3.8) is 0 Å². The zero-order chi connectivity index (χ0) is 15.8. The molecule has 2 aliphatic heterocycles. The standard InChI is InChI=1S/C18H22N2OS2/c1-2-15-14-6-10-23-17(14)4-7-19(15)12-18(21)20-8-3-16-13(11-20)5-9-22-16/h5-6,9-10,15H,2-4,7-8,11-12H2,1H3/t15-/m0/s1. The number of fused-ring (bicyclic) bond motifs is 2. The number of nitrogens with zero attached hydrogens (tertiary/aromatic N) is 2. The smallest absolute Gasteiger partial charge is 0.237 e. The van der Waals surface area contributed by atoms with E-state index in [0.717, 1.165) is 38.9 Å². The van der Waals surface area contributed by atoms with E-state index in [1.165, 1.54) is 20.9 Å². The lowest BCUT2D eigenvalue weighted by molar-refractivity contribution is -0.134. The summed E-state index contributed by atoms with van der Waals surface area (Å²) < 4.78 is 0. The Hall–Kier alpha value is -1.17. The summed E-state index contributed by atoms with van der Waals surface area (Å²) in [4.78, 5) is 20.2. The lowest BCUT2D eigenvalue weighted by atomic mass is 9.98. The van der Waals surface area contributed by atoms with E-state index in [4.69, 9.17) is 0 Å². The van der Waals surface area contributed by atoms with Crippen molar-refractivity contribution in [1.29, 1.82) is 0 Å². The van der Waals surface area contributed by atoms with Crippen LogP contribution in [0.1, 0.15) is 40.3 Å². The number of carbonyl (C=O) groups excluding carboxylic acids is 1. The van der Waals surface area contributed by atoms with E-state index in [1.807, 2.05) is 27.6 Å². The molecule has 0 aliphatic carbocycles. The Bertz CT molecular complexity index is 705. The highest BCUT2D eigenvalue weighted by molar-refractivity contribution is 7.10. The van der Waals surface area contributed by atoms with E-state index in [1.54, 1.807) is 0 Å². The first-order valence-corrected chi connectivity index (χ1v) is 10.2. The summed E-state index contributed by atoms with van der Waals surface area (Å²) in [6.07, 6.45) is 3.18. The second kappa shape index (κ2) is 6.38. The van der Waals surface area contributed by atoms with Crippen LogP contribution in [0.5, 0.6) is 0 Å². The van der Waals surface area contributed by atoms with Crippen molar-refractivity contribution in [3.8, 4) is 0 Å². The molecule has 0 spiro atoms. The van der Waals surface area contributed by atoms with Gasteiger partial charge in [-0.05, 0) is 53.3 Å². The zero-order valence-corrected chi connectivity index (χ0v) is 15.1. The van der Waals surface area contributed by atoms with Crippen LogP contribution in [0.3, 0.4) is 0 Å². The van der Waals surface area contributed by atoms with Gasteiger partial charge in [-0.1, -0.05) is 6.92 Å². The van der Waals surface area contributed by atoms with Crippen LogP contribution in [0.2, 0.25) is 0 Å². The molecule has 0 radical (unpaired) electrons. The molecular weight excluding hydrogens is 324 g/mol. The van der Waals surface area contributed by atoms with Gasteiger partial charge in [0.2, 0.25) is 5.91 Å². The Morgan fingerprint density at radius 2 is 1.96 bits per heavy atom. The van der Waals surface area contributed by atoms with Crippen LogP contribution in [0, 0.1) is 0 Å². The summed E-state index contributed by atoms with van der Waals surface area (Å²) in [5.41, 5.74) is 2.80. The summed E-state index contributed by atoms with van der Waals surface area (Å²) in [7, 11) is 0. The molecule has 3 nitrogen and oxygen atoms in total. The molecule has 0 aromatic carbocycles. The molecule has 4 heterocycles. The fourth-order valence-corrected chi connectivity index (χ4v) is 5.67. The van der Waals surface area contributed by atoms with Crippen molar-refractivity contribution >= 4 is 28.6 Å². The number of hydrogen-bond acceptors (Lipinski definition) is 4. The van der Waals surface area contributed by atoms with Crippen LogP contribution in [-0.4, -0.2) is 35.3 Å². The van der Waals surface area contributed by atoms with Crippen LogP contribution >= 0.6 is 22.7 Å². The molecule has 1 atom stereocenters. The normalized spacial score (nSPS) is 21.1. The molecule has 0 N–H and O–H groups in total. The molecule has 0 fully saturated rings. The number of rotatable bonds is 3. The third-order valence-electron chi connectivity index (χ3n) is 5.09. The molecule has 0 saturated carbocycles. The molecular formula is C18H22N2OS2. The van der Waals surface area contributed by atoms with E-state index in [-0.39, 0.29) is 0 Å². The van der Waals surface area contributed by atoms with Gasteiger partial charge >= 0.3 is 0 Å². The molecule has 23 heavy (non-hydrogen) atoms. The van der Waals surface area contributed by atoms with E-state index in [2.05, 4.69) is 34.7 Å². The maximum Gasteiger partial charge on any atom is 0.237 e. The molecule has 1 amide bonds. The molecule has 2 aliphatic rings. The van der Waals surface area contributed by atoms with E-state index < -0.39 is 0 Å². The first kappa shape index (κ1) is 15.4.